The minimum Gasteiger partial charge on any atom is -0.369 e. The Morgan fingerprint density at radius 2 is 1.81 bits per heavy atom. The maximum atomic E-state index is 13.3. The molecule has 222 valence electrons. The quantitative estimate of drug-likeness (QED) is 0.396. The molecular formula is C30H26ClF3N6O3. The van der Waals surface area contributed by atoms with Crippen molar-refractivity contribution in [1.29, 1.82) is 0 Å². The van der Waals surface area contributed by atoms with Crippen LogP contribution in [0.1, 0.15) is 36.8 Å². The predicted octanol–water partition coefficient (Wildman–Crippen LogP) is 5.01. The Morgan fingerprint density at radius 1 is 1.09 bits per heavy atom. The zero-order valence-corrected chi connectivity index (χ0v) is 23.5. The lowest BCUT2D eigenvalue weighted by molar-refractivity contribution is -0.137. The van der Waals surface area contributed by atoms with E-state index in [0.717, 1.165) is 49.1 Å². The molecule has 0 bridgehead atoms. The van der Waals surface area contributed by atoms with Gasteiger partial charge in [0.05, 0.1) is 34.0 Å². The van der Waals surface area contributed by atoms with Crippen molar-refractivity contribution >= 4 is 46.5 Å². The highest BCUT2D eigenvalue weighted by Crippen LogP contribution is 2.41. The Morgan fingerprint density at radius 3 is 2.44 bits per heavy atom. The molecule has 1 aliphatic carbocycles. The Bertz CT molecular complexity index is 1650. The standard InChI is InChI=1S/C30H26ClF3N6O3/c31-24-14-21(30(32,33)34)4-9-25(24)36-27(42)29(11-1-12-29)40-18-19(15-35-40)2-3-20-16-38(17-20)22-5-7-23(8-6-22)39-13-10-26(41)37-28(39)43/h4-9,14-15,18,20H,1,10-13,16-17H2,(H,36,42)(H,37,41,43). The summed E-state index contributed by atoms with van der Waals surface area (Å²) in [5.74, 6) is 5.88. The molecule has 3 fully saturated rings. The molecule has 1 saturated carbocycles. The lowest BCUT2D eigenvalue weighted by atomic mass is 9.76. The van der Waals surface area contributed by atoms with Crippen LogP contribution in [0.15, 0.2) is 54.9 Å². The highest BCUT2D eigenvalue weighted by molar-refractivity contribution is 6.33. The average Bonchev–Trinajstić information content (AvgIpc) is 3.37. The molecule has 9 nitrogen and oxygen atoms in total. The highest BCUT2D eigenvalue weighted by Gasteiger charge is 2.47. The molecule has 0 atom stereocenters. The fourth-order valence-electron chi connectivity index (χ4n) is 5.34. The summed E-state index contributed by atoms with van der Waals surface area (Å²) < 4.78 is 40.5. The second kappa shape index (κ2) is 11.0. The summed E-state index contributed by atoms with van der Waals surface area (Å²) in [4.78, 5) is 40.4. The molecule has 13 heteroatoms. The second-order valence-corrected chi connectivity index (χ2v) is 11.3. The molecule has 3 aliphatic rings. The zero-order chi connectivity index (χ0) is 30.4. The van der Waals surface area contributed by atoms with E-state index in [0.29, 0.717) is 24.9 Å². The van der Waals surface area contributed by atoms with Crippen LogP contribution >= 0.6 is 11.6 Å². The van der Waals surface area contributed by atoms with Gasteiger partial charge in [-0.3, -0.25) is 24.5 Å². The second-order valence-electron chi connectivity index (χ2n) is 10.8. The fraction of sp³-hybridized carbons (Fsp3) is 0.333. The molecule has 6 rings (SSSR count). The number of nitrogens with zero attached hydrogens (tertiary/aromatic N) is 4. The number of benzene rings is 2. The summed E-state index contributed by atoms with van der Waals surface area (Å²) in [7, 11) is 0. The van der Waals surface area contributed by atoms with Crippen LogP contribution in [0.25, 0.3) is 0 Å². The molecule has 4 amide bonds. The van der Waals surface area contributed by atoms with Gasteiger partial charge in [-0.25, -0.2) is 4.79 Å². The first kappa shape index (κ1) is 28.6. The number of anilines is 3. The highest BCUT2D eigenvalue weighted by atomic mass is 35.5. The number of hydrogen-bond donors (Lipinski definition) is 2. The maximum Gasteiger partial charge on any atom is 0.416 e. The number of nitrogens with one attached hydrogen (secondary N) is 2. The van der Waals surface area contributed by atoms with E-state index in [-0.39, 0.29) is 29.0 Å². The molecule has 2 N–H and O–H groups in total. The number of aromatic nitrogens is 2. The third-order valence-corrected chi connectivity index (χ3v) is 8.36. The number of urea groups is 1. The van der Waals surface area contributed by atoms with E-state index in [1.807, 2.05) is 24.3 Å². The Kier molecular flexibility index (Phi) is 7.30. The van der Waals surface area contributed by atoms with Crippen molar-refractivity contribution in [3.8, 4) is 11.8 Å². The maximum absolute atomic E-state index is 13.3. The van der Waals surface area contributed by atoms with Gasteiger partial charge in [-0.1, -0.05) is 23.4 Å². The Balaban J connectivity index is 1.06. The number of carbonyl (C=O) groups is 3. The van der Waals surface area contributed by atoms with Crippen LogP contribution in [0.4, 0.5) is 35.0 Å². The lowest BCUT2D eigenvalue weighted by Crippen LogP contribution is -2.51. The van der Waals surface area contributed by atoms with E-state index in [4.69, 9.17) is 11.6 Å². The minimum absolute atomic E-state index is 0.107. The van der Waals surface area contributed by atoms with E-state index >= 15 is 0 Å². The SMILES string of the molecule is O=C1CCN(c2ccc(N3CC(C#Cc4cnn(C5(C(=O)Nc6ccc(C(F)(F)F)cc6Cl)CCC5)c4)C3)cc2)C(=O)N1. The number of amides is 4. The molecule has 0 unspecified atom stereocenters. The first-order valence-electron chi connectivity index (χ1n) is 13.7. The first-order chi connectivity index (χ1) is 20.5. The van der Waals surface area contributed by atoms with E-state index in [2.05, 4.69) is 32.5 Å². The third-order valence-electron chi connectivity index (χ3n) is 8.05. The number of imide groups is 1. The van der Waals surface area contributed by atoms with Gasteiger partial charge in [0.15, 0.2) is 0 Å². The average molecular weight is 611 g/mol. The van der Waals surface area contributed by atoms with Crippen molar-refractivity contribution in [2.24, 2.45) is 5.92 Å². The molecule has 3 aromatic rings. The summed E-state index contributed by atoms with van der Waals surface area (Å²) in [6, 6.07) is 10.0. The van der Waals surface area contributed by atoms with Gasteiger partial charge in [-0.15, -0.1) is 0 Å². The molecule has 1 aromatic heterocycles. The summed E-state index contributed by atoms with van der Waals surface area (Å²) in [5.41, 5.74) is 0.649. The number of halogens is 4. The Labute approximate surface area is 250 Å². The van der Waals surface area contributed by atoms with Crippen LogP contribution in [0.2, 0.25) is 5.02 Å². The van der Waals surface area contributed by atoms with E-state index in [9.17, 15) is 27.6 Å². The van der Waals surface area contributed by atoms with Crippen molar-refractivity contribution < 1.29 is 27.6 Å². The van der Waals surface area contributed by atoms with Crippen molar-refractivity contribution in [3.63, 3.8) is 0 Å². The van der Waals surface area contributed by atoms with Gasteiger partial charge in [-0.05, 0) is 61.7 Å². The Hall–Kier alpha value is -4.50. The summed E-state index contributed by atoms with van der Waals surface area (Å²) in [6.45, 7) is 1.82. The normalized spacial score (nSPS) is 18.2. The van der Waals surface area contributed by atoms with Crippen molar-refractivity contribution in [2.75, 3.05) is 34.8 Å². The van der Waals surface area contributed by atoms with E-state index in [1.165, 1.54) is 4.90 Å². The summed E-state index contributed by atoms with van der Waals surface area (Å²) in [6.07, 6.45) is 0.925. The number of rotatable bonds is 5. The largest absolute Gasteiger partial charge is 0.416 e. The molecular weight excluding hydrogens is 585 g/mol. The van der Waals surface area contributed by atoms with Gasteiger partial charge in [0.1, 0.15) is 5.54 Å². The van der Waals surface area contributed by atoms with Gasteiger partial charge in [0, 0.05) is 43.6 Å². The van der Waals surface area contributed by atoms with Crippen LogP contribution in [0.3, 0.4) is 0 Å². The minimum atomic E-state index is -4.53. The van der Waals surface area contributed by atoms with Gasteiger partial charge >= 0.3 is 12.2 Å². The van der Waals surface area contributed by atoms with Crippen LogP contribution in [-0.2, 0) is 21.3 Å². The summed E-state index contributed by atoms with van der Waals surface area (Å²) >= 11 is 6.04. The van der Waals surface area contributed by atoms with E-state index < -0.39 is 29.2 Å². The smallest absolute Gasteiger partial charge is 0.369 e. The molecule has 2 aliphatic heterocycles. The lowest BCUT2D eigenvalue weighted by Gasteiger charge is -2.40. The van der Waals surface area contributed by atoms with Crippen LogP contribution in [0.5, 0.6) is 0 Å². The number of carbonyl (C=O) groups excluding carboxylic acids is 3. The zero-order valence-electron chi connectivity index (χ0n) is 22.7. The van der Waals surface area contributed by atoms with Gasteiger partial charge < -0.3 is 10.2 Å². The van der Waals surface area contributed by atoms with Crippen LogP contribution in [-0.4, -0.2) is 47.3 Å². The van der Waals surface area contributed by atoms with Gasteiger partial charge in [-0.2, -0.15) is 18.3 Å². The molecule has 2 saturated heterocycles. The summed E-state index contributed by atoms with van der Waals surface area (Å²) in [5, 5.41) is 9.20. The fourth-order valence-corrected chi connectivity index (χ4v) is 5.57. The third kappa shape index (κ3) is 5.64. The molecule has 2 aromatic carbocycles. The molecule has 0 radical (unpaired) electrons. The molecule has 0 spiro atoms. The van der Waals surface area contributed by atoms with Gasteiger partial charge in [0.2, 0.25) is 5.91 Å². The monoisotopic (exact) mass is 610 g/mol. The van der Waals surface area contributed by atoms with Crippen molar-refractivity contribution in [2.45, 2.75) is 37.4 Å². The topological polar surface area (TPSA) is 99.6 Å². The van der Waals surface area contributed by atoms with Crippen molar-refractivity contribution in [1.82, 2.24) is 15.1 Å². The van der Waals surface area contributed by atoms with E-state index in [1.54, 1.807) is 17.1 Å². The van der Waals surface area contributed by atoms with Crippen LogP contribution in [0, 0.1) is 17.8 Å². The molecule has 3 heterocycles. The first-order valence-corrected chi connectivity index (χ1v) is 14.1. The van der Waals surface area contributed by atoms with Crippen molar-refractivity contribution in [3.05, 3.63) is 71.0 Å². The molecule has 43 heavy (non-hydrogen) atoms. The predicted molar refractivity (Wildman–Crippen MR) is 154 cm³/mol. The number of alkyl halides is 3. The van der Waals surface area contributed by atoms with Crippen LogP contribution < -0.4 is 20.4 Å². The van der Waals surface area contributed by atoms with Gasteiger partial charge in [0.25, 0.3) is 5.91 Å². The number of hydrogen-bond acceptors (Lipinski definition) is 5.